The largest absolute Gasteiger partial charge is 0.474 e. The normalized spacial score (nSPS) is 16.7. The molecule has 0 rings (SSSR count). The van der Waals surface area contributed by atoms with Gasteiger partial charge in [0, 0.05) is 0 Å². The Hall–Kier alpha value is -0.900. The first-order valence-corrected chi connectivity index (χ1v) is 3.60. The van der Waals surface area contributed by atoms with Crippen LogP contribution in [0.3, 0.4) is 0 Å². The van der Waals surface area contributed by atoms with Gasteiger partial charge in [0.1, 0.15) is 0 Å². The van der Waals surface area contributed by atoms with Crippen LogP contribution in [-0.2, 0) is 4.79 Å². The zero-order chi connectivity index (χ0) is 9.99. The molecule has 0 aliphatic carbocycles. The summed E-state index contributed by atoms with van der Waals surface area (Å²) >= 11 is 0. The summed E-state index contributed by atoms with van der Waals surface area (Å²) in [5.41, 5.74) is 0. The molecule has 0 aliphatic rings. The first-order valence-electron chi connectivity index (χ1n) is 3.60. The minimum absolute atomic E-state index is 0.189. The molecular weight excluding hydrogens is 161 g/mol. The first-order chi connectivity index (χ1) is 5.25. The number of alkyl halides is 1. The Labute approximate surface area is 71.7 Å². The van der Waals surface area contributed by atoms with Gasteiger partial charge in [-0.05, 0) is 0 Å². The van der Waals surface area contributed by atoms with E-state index in [1.165, 1.54) is 27.2 Å². The van der Waals surface area contributed by atoms with E-state index < -0.39 is 11.8 Å². The van der Waals surface area contributed by atoms with Crippen molar-refractivity contribution in [2.45, 2.75) is 12.2 Å². The summed E-state index contributed by atoms with van der Waals surface area (Å²) in [5.74, 6) is -3.73. The average molecular weight is 176 g/mol. The third-order valence-electron chi connectivity index (χ3n) is 1.81. The predicted octanol–water partition coefficient (Wildman–Crippen LogP) is 1.02. The Morgan fingerprint density at radius 1 is 1.67 bits per heavy atom. The molecule has 0 spiro atoms. The van der Waals surface area contributed by atoms with Gasteiger partial charge < -0.3 is 5.11 Å². The summed E-state index contributed by atoms with van der Waals surface area (Å²) in [5, 5.41) is 8.66. The van der Waals surface area contributed by atoms with E-state index in [0.717, 1.165) is 0 Å². The van der Waals surface area contributed by atoms with Gasteiger partial charge in [0.05, 0.1) is 27.6 Å². The predicted molar refractivity (Wildman–Crippen MR) is 44.3 cm³/mol. The van der Waals surface area contributed by atoms with Crippen molar-refractivity contribution in [3.05, 3.63) is 12.7 Å². The lowest BCUT2D eigenvalue weighted by Gasteiger charge is -2.35. The highest BCUT2D eigenvalue weighted by Gasteiger charge is 2.50. The van der Waals surface area contributed by atoms with E-state index in [4.69, 9.17) is 5.11 Å². The van der Waals surface area contributed by atoms with Crippen molar-refractivity contribution in [3.8, 4) is 0 Å². The number of halogens is 1. The van der Waals surface area contributed by atoms with Crippen LogP contribution in [0.25, 0.3) is 0 Å². The fraction of sp³-hybridized carbons (Fsp3) is 0.625. The highest BCUT2D eigenvalue weighted by atomic mass is 19.1. The van der Waals surface area contributed by atoms with Crippen molar-refractivity contribution in [2.75, 3.05) is 21.1 Å². The number of carboxylic acids is 1. The van der Waals surface area contributed by atoms with Crippen LogP contribution >= 0.6 is 0 Å². The van der Waals surface area contributed by atoms with Gasteiger partial charge in [-0.15, -0.1) is 6.58 Å². The maximum absolute atomic E-state index is 13.7. The second kappa shape index (κ2) is 3.23. The van der Waals surface area contributed by atoms with Crippen LogP contribution in [0.1, 0.15) is 6.42 Å². The van der Waals surface area contributed by atoms with Crippen LogP contribution in [0.2, 0.25) is 0 Å². The highest BCUT2D eigenvalue weighted by Crippen LogP contribution is 2.25. The number of carbonyl (C=O) groups is 1. The molecule has 0 radical (unpaired) electrons. The molecule has 0 amide bonds. The Bertz CT molecular complexity index is 198. The Balaban J connectivity index is 4.86. The molecule has 0 saturated carbocycles. The van der Waals surface area contributed by atoms with Crippen molar-refractivity contribution < 1.29 is 18.8 Å². The van der Waals surface area contributed by atoms with Crippen molar-refractivity contribution >= 4 is 5.97 Å². The van der Waals surface area contributed by atoms with Crippen LogP contribution in [-0.4, -0.2) is 42.5 Å². The molecule has 0 saturated heterocycles. The van der Waals surface area contributed by atoms with Crippen molar-refractivity contribution in [2.24, 2.45) is 0 Å². The number of hydrogen-bond donors (Lipinski definition) is 1. The third-order valence-corrected chi connectivity index (χ3v) is 1.81. The number of hydrogen-bond acceptors (Lipinski definition) is 1. The summed E-state index contributed by atoms with van der Waals surface area (Å²) in [6.45, 7) is 3.33. The van der Waals surface area contributed by atoms with Crippen molar-refractivity contribution in [1.82, 2.24) is 0 Å². The zero-order valence-corrected chi connectivity index (χ0v) is 7.67. The molecule has 1 unspecified atom stereocenters. The molecule has 70 valence electrons. The minimum atomic E-state index is -2.28. The van der Waals surface area contributed by atoms with Crippen LogP contribution in [0.15, 0.2) is 12.7 Å². The van der Waals surface area contributed by atoms with Gasteiger partial charge in [0.2, 0.25) is 0 Å². The number of nitrogens with zero attached hydrogens (tertiary/aromatic N) is 1. The molecule has 0 aromatic rings. The van der Waals surface area contributed by atoms with Gasteiger partial charge in [-0.3, -0.25) is 4.48 Å². The topological polar surface area (TPSA) is 37.3 Å². The molecule has 0 aromatic carbocycles. The van der Waals surface area contributed by atoms with E-state index >= 15 is 0 Å². The lowest BCUT2D eigenvalue weighted by Crippen LogP contribution is -2.58. The fourth-order valence-corrected chi connectivity index (χ4v) is 0.839. The first kappa shape index (κ1) is 11.1. The van der Waals surface area contributed by atoms with Gasteiger partial charge in [-0.25, -0.2) is 4.79 Å². The van der Waals surface area contributed by atoms with Gasteiger partial charge in [0.15, 0.2) is 0 Å². The maximum Gasteiger partial charge on any atom is 0.401 e. The molecule has 0 bridgehead atoms. The SMILES string of the molecule is C=CCC(F)(C(=O)O)[N+](C)(C)C. The lowest BCUT2D eigenvalue weighted by molar-refractivity contribution is -0.930. The molecule has 0 fully saturated rings. The Kier molecular flexibility index (Phi) is 2.98. The summed E-state index contributed by atoms with van der Waals surface area (Å²) < 4.78 is 13.5. The number of likely N-dealkylation sites (N-methyl/N-ethyl adjacent to an activating group) is 1. The minimum Gasteiger partial charge on any atom is -0.474 e. The van der Waals surface area contributed by atoms with Gasteiger partial charge in [-0.1, -0.05) is 6.08 Å². The van der Waals surface area contributed by atoms with E-state index in [0.29, 0.717) is 0 Å². The summed E-state index contributed by atoms with van der Waals surface area (Å²) in [4.78, 5) is 10.6. The van der Waals surface area contributed by atoms with E-state index in [9.17, 15) is 9.18 Å². The van der Waals surface area contributed by atoms with E-state index in [2.05, 4.69) is 6.58 Å². The zero-order valence-electron chi connectivity index (χ0n) is 7.67. The second-order valence-electron chi connectivity index (χ2n) is 3.57. The fourth-order valence-electron chi connectivity index (χ4n) is 0.839. The summed E-state index contributed by atoms with van der Waals surface area (Å²) in [6.07, 6.45) is 1.09. The number of rotatable bonds is 4. The van der Waals surface area contributed by atoms with Crippen molar-refractivity contribution in [1.29, 1.82) is 0 Å². The molecule has 0 aromatic heterocycles. The smallest absolute Gasteiger partial charge is 0.401 e. The van der Waals surface area contributed by atoms with E-state index in [1.807, 2.05) is 0 Å². The lowest BCUT2D eigenvalue weighted by atomic mass is 10.1. The number of quaternary nitrogens is 1. The number of carboxylic acid groups (broad SMARTS) is 1. The molecule has 4 heteroatoms. The average Bonchev–Trinajstić information content (AvgIpc) is 1.85. The summed E-state index contributed by atoms with van der Waals surface area (Å²) in [6, 6.07) is 0. The monoisotopic (exact) mass is 176 g/mol. The molecule has 3 nitrogen and oxygen atoms in total. The highest BCUT2D eigenvalue weighted by molar-refractivity contribution is 5.75. The van der Waals surface area contributed by atoms with Gasteiger partial charge in [-0.2, -0.15) is 4.39 Å². The molecule has 1 N–H and O–H groups in total. The number of aliphatic carboxylic acids is 1. The quantitative estimate of drug-likeness (QED) is 0.394. The van der Waals surface area contributed by atoms with Crippen LogP contribution in [0.4, 0.5) is 4.39 Å². The van der Waals surface area contributed by atoms with E-state index in [-0.39, 0.29) is 10.9 Å². The van der Waals surface area contributed by atoms with Gasteiger partial charge >= 0.3 is 11.8 Å². The standard InChI is InChI=1S/C8H14FNO2/c1-5-6-8(9,7(11)12)10(2,3)4/h5H,1,6H2,2-4H3/p+1. The van der Waals surface area contributed by atoms with Crippen LogP contribution in [0.5, 0.6) is 0 Å². The molecular formula is C8H15FNO2+. The third kappa shape index (κ3) is 1.82. The van der Waals surface area contributed by atoms with Crippen LogP contribution < -0.4 is 0 Å². The van der Waals surface area contributed by atoms with Crippen LogP contribution in [0, 0.1) is 0 Å². The van der Waals surface area contributed by atoms with E-state index in [1.54, 1.807) is 0 Å². The molecule has 12 heavy (non-hydrogen) atoms. The molecule has 0 heterocycles. The Morgan fingerprint density at radius 3 is 2.17 bits per heavy atom. The molecule has 1 atom stereocenters. The Morgan fingerprint density at radius 2 is 2.08 bits per heavy atom. The summed E-state index contributed by atoms with van der Waals surface area (Å²) in [7, 11) is 4.49. The maximum atomic E-state index is 13.7. The van der Waals surface area contributed by atoms with Gasteiger partial charge in [0.25, 0.3) is 0 Å². The van der Waals surface area contributed by atoms with Crippen molar-refractivity contribution in [3.63, 3.8) is 0 Å². The second-order valence-corrected chi connectivity index (χ2v) is 3.57. The molecule has 0 aliphatic heterocycles.